The summed E-state index contributed by atoms with van der Waals surface area (Å²) in [5.41, 5.74) is 1.82. The van der Waals surface area contributed by atoms with E-state index in [4.69, 9.17) is 0 Å². The maximum absolute atomic E-state index is 12.0. The normalized spacial score (nSPS) is 12.2. The maximum Gasteiger partial charge on any atom is 0.216 e. The Labute approximate surface area is 188 Å². The van der Waals surface area contributed by atoms with Crippen LogP contribution in [0.2, 0.25) is 0 Å². The first-order valence-corrected chi connectivity index (χ1v) is 11.5. The zero-order valence-corrected chi connectivity index (χ0v) is 20.9. The van der Waals surface area contributed by atoms with Gasteiger partial charge in [0.1, 0.15) is 0 Å². The molecule has 0 bridgehead atoms. The van der Waals surface area contributed by atoms with E-state index in [1.54, 1.807) is 0 Å². The van der Waals surface area contributed by atoms with Crippen molar-refractivity contribution in [3.05, 3.63) is 35.4 Å². The Kier molecular flexibility index (Phi) is 13.7. The van der Waals surface area contributed by atoms with Crippen molar-refractivity contribution >= 4 is 40.0 Å². The molecule has 0 heterocycles. The third kappa shape index (κ3) is 12.6. The van der Waals surface area contributed by atoms with Crippen LogP contribution in [0.15, 0.2) is 29.3 Å². The summed E-state index contributed by atoms with van der Waals surface area (Å²) in [7, 11) is -3.30. The monoisotopic (exact) mass is 524 g/mol. The summed E-state index contributed by atoms with van der Waals surface area (Å²) in [6, 6.07) is 7.49. The Morgan fingerprint density at radius 2 is 1.64 bits per heavy atom. The van der Waals surface area contributed by atoms with Gasteiger partial charge in [0.25, 0.3) is 0 Å². The van der Waals surface area contributed by atoms with Crippen LogP contribution in [0.25, 0.3) is 0 Å². The van der Waals surface area contributed by atoms with Crippen LogP contribution in [-0.2, 0) is 22.3 Å². The van der Waals surface area contributed by atoms with Gasteiger partial charge < -0.3 is 10.6 Å². The standard InChI is InChI=1S/C20H36N4O2S.HI/c1-6-21-20(22-13-7-8-16(2)3)23-14-18-9-11-19(12-10-18)15-27(25,26)24-17(4)5;/h9-12,16-17,24H,6-8,13-15H2,1-5H3,(H2,21,22,23);1H. The van der Waals surface area contributed by atoms with E-state index in [0.29, 0.717) is 12.5 Å². The number of aliphatic imine (C=N–C) groups is 1. The number of halogens is 1. The number of sulfonamides is 1. The molecular formula is C20H37IN4O2S. The van der Waals surface area contributed by atoms with Gasteiger partial charge in [0.2, 0.25) is 10.0 Å². The molecule has 0 aromatic heterocycles. The number of nitrogens with one attached hydrogen (secondary N) is 3. The molecule has 0 unspecified atom stereocenters. The third-order valence-electron chi connectivity index (χ3n) is 3.81. The summed E-state index contributed by atoms with van der Waals surface area (Å²) in [5, 5.41) is 6.61. The molecule has 0 amide bonds. The summed E-state index contributed by atoms with van der Waals surface area (Å²) in [4.78, 5) is 4.61. The first-order chi connectivity index (χ1) is 12.7. The van der Waals surface area contributed by atoms with Gasteiger partial charge in [-0.1, -0.05) is 38.1 Å². The molecule has 0 fully saturated rings. The fourth-order valence-electron chi connectivity index (χ4n) is 2.59. The molecule has 0 aliphatic heterocycles. The van der Waals surface area contributed by atoms with Crippen LogP contribution < -0.4 is 15.4 Å². The van der Waals surface area contributed by atoms with Crippen molar-refractivity contribution in [2.75, 3.05) is 13.1 Å². The van der Waals surface area contributed by atoms with Gasteiger partial charge in [-0.2, -0.15) is 0 Å². The number of hydrogen-bond acceptors (Lipinski definition) is 3. The molecule has 6 nitrogen and oxygen atoms in total. The highest BCUT2D eigenvalue weighted by Crippen LogP contribution is 2.09. The van der Waals surface area contributed by atoms with E-state index in [-0.39, 0.29) is 35.8 Å². The van der Waals surface area contributed by atoms with Crippen LogP contribution in [0.4, 0.5) is 0 Å². The Bertz CT molecular complexity index is 674. The summed E-state index contributed by atoms with van der Waals surface area (Å²) >= 11 is 0. The minimum absolute atomic E-state index is 0. The summed E-state index contributed by atoms with van der Waals surface area (Å²) < 4.78 is 26.6. The summed E-state index contributed by atoms with van der Waals surface area (Å²) in [6.07, 6.45) is 2.32. The molecule has 28 heavy (non-hydrogen) atoms. The lowest BCUT2D eigenvalue weighted by Crippen LogP contribution is -2.37. The van der Waals surface area contributed by atoms with Gasteiger partial charge in [0, 0.05) is 19.1 Å². The topological polar surface area (TPSA) is 82.6 Å². The van der Waals surface area contributed by atoms with Crippen molar-refractivity contribution < 1.29 is 8.42 Å². The Balaban J connectivity index is 0.00000729. The van der Waals surface area contributed by atoms with Crippen molar-refractivity contribution in [3.63, 3.8) is 0 Å². The van der Waals surface area contributed by atoms with Crippen molar-refractivity contribution in [3.8, 4) is 0 Å². The molecule has 1 aromatic carbocycles. The molecule has 0 spiro atoms. The van der Waals surface area contributed by atoms with Crippen molar-refractivity contribution in [1.29, 1.82) is 0 Å². The number of rotatable bonds is 11. The van der Waals surface area contributed by atoms with E-state index in [0.717, 1.165) is 36.6 Å². The highest BCUT2D eigenvalue weighted by Gasteiger charge is 2.12. The molecule has 8 heteroatoms. The highest BCUT2D eigenvalue weighted by atomic mass is 127. The Morgan fingerprint density at radius 1 is 1.04 bits per heavy atom. The van der Waals surface area contributed by atoms with E-state index < -0.39 is 10.0 Å². The second-order valence-electron chi connectivity index (χ2n) is 7.51. The largest absolute Gasteiger partial charge is 0.357 e. The minimum Gasteiger partial charge on any atom is -0.357 e. The molecule has 0 aliphatic carbocycles. The average Bonchev–Trinajstić information content (AvgIpc) is 2.56. The van der Waals surface area contributed by atoms with E-state index in [9.17, 15) is 8.42 Å². The Hall–Kier alpha value is -0.870. The van der Waals surface area contributed by atoms with Crippen molar-refractivity contribution in [1.82, 2.24) is 15.4 Å². The molecule has 0 aliphatic rings. The van der Waals surface area contributed by atoms with Crippen LogP contribution >= 0.6 is 24.0 Å². The zero-order chi connectivity index (χ0) is 20.3. The zero-order valence-electron chi connectivity index (χ0n) is 17.8. The summed E-state index contributed by atoms with van der Waals surface area (Å²) in [5.74, 6) is 1.52. The summed E-state index contributed by atoms with van der Waals surface area (Å²) in [6.45, 7) is 12.4. The van der Waals surface area contributed by atoms with Gasteiger partial charge in [-0.05, 0) is 50.7 Å². The molecule has 0 saturated carbocycles. The fourth-order valence-corrected chi connectivity index (χ4v) is 4.02. The van der Waals surface area contributed by atoms with E-state index in [2.05, 4.69) is 34.2 Å². The average molecular weight is 525 g/mol. The number of hydrogen-bond donors (Lipinski definition) is 3. The number of nitrogens with zero attached hydrogens (tertiary/aromatic N) is 1. The van der Waals surface area contributed by atoms with E-state index in [1.165, 1.54) is 6.42 Å². The minimum atomic E-state index is -3.30. The molecule has 0 saturated heterocycles. The lowest BCUT2D eigenvalue weighted by molar-refractivity contribution is 0.549. The predicted molar refractivity (Wildman–Crippen MR) is 130 cm³/mol. The number of guanidine groups is 1. The van der Waals surface area contributed by atoms with Gasteiger partial charge in [-0.25, -0.2) is 18.1 Å². The van der Waals surface area contributed by atoms with E-state index in [1.807, 2.05) is 45.0 Å². The van der Waals surface area contributed by atoms with Gasteiger partial charge in [0.15, 0.2) is 5.96 Å². The van der Waals surface area contributed by atoms with Crippen LogP contribution in [0.5, 0.6) is 0 Å². The third-order valence-corrected chi connectivity index (χ3v) is 5.35. The molecule has 1 rings (SSSR count). The predicted octanol–water partition coefficient (Wildman–Crippen LogP) is 3.62. The number of benzene rings is 1. The maximum atomic E-state index is 12.0. The van der Waals surface area contributed by atoms with Gasteiger partial charge >= 0.3 is 0 Å². The second kappa shape index (κ2) is 14.2. The second-order valence-corrected chi connectivity index (χ2v) is 9.26. The molecule has 1 aromatic rings. The van der Waals surface area contributed by atoms with Gasteiger partial charge in [-0.15, -0.1) is 24.0 Å². The van der Waals surface area contributed by atoms with Crippen molar-refractivity contribution in [2.24, 2.45) is 10.9 Å². The lowest BCUT2D eigenvalue weighted by atomic mass is 10.1. The molecular weight excluding hydrogens is 487 g/mol. The van der Waals surface area contributed by atoms with Gasteiger partial charge in [0.05, 0.1) is 12.3 Å². The first kappa shape index (κ1) is 27.1. The molecule has 0 radical (unpaired) electrons. The lowest BCUT2D eigenvalue weighted by Gasteiger charge is -2.12. The van der Waals surface area contributed by atoms with Crippen LogP contribution in [0.3, 0.4) is 0 Å². The molecule has 162 valence electrons. The van der Waals surface area contributed by atoms with Crippen LogP contribution in [0, 0.1) is 5.92 Å². The van der Waals surface area contributed by atoms with Crippen LogP contribution in [0.1, 0.15) is 58.6 Å². The van der Waals surface area contributed by atoms with Gasteiger partial charge in [-0.3, -0.25) is 0 Å². The van der Waals surface area contributed by atoms with Crippen LogP contribution in [-0.4, -0.2) is 33.5 Å². The smallest absolute Gasteiger partial charge is 0.216 e. The fraction of sp³-hybridized carbons (Fsp3) is 0.650. The SMILES string of the molecule is CCNC(=NCc1ccc(CS(=O)(=O)NC(C)C)cc1)NCCCC(C)C.I. The van der Waals surface area contributed by atoms with E-state index >= 15 is 0 Å². The quantitative estimate of drug-likeness (QED) is 0.179. The van der Waals surface area contributed by atoms with Crippen molar-refractivity contribution in [2.45, 2.75) is 65.8 Å². The molecule has 3 N–H and O–H groups in total. The molecule has 0 atom stereocenters. The highest BCUT2D eigenvalue weighted by molar-refractivity contribution is 14.0. The Morgan fingerprint density at radius 3 is 2.18 bits per heavy atom. The first-order valence-electron chi connectivity index (χ1n) is 9.81.